The molecule has 2 saturated heterocycles. The molecule has 2 aliphatic rings. The number of nitrogens with one attached hydrogen (secondary N) is 2. The first-order valence-electron chi connectivity index (χ1n) is 7.55. The number of hydrogen-bond donors (Lipinski definition) is 2. The van der Waals surface area contributed by atoms with Crippen molar-refractivity contribution >= 4 is 51.5 Å². The lowest BCUT2D eigenvalue weighted by Gasteiger charge is -2.32. The van der Waals surface area contributed by atoms with E-state index < -0.39 is 11.1 Å². The van der Waals surface area contributed by atoms with Crippen molar-refractivity contribution in [2.45, 2.75) is 6.42 Å². The Morgan fingerprint density at radius 3 is 2.67 bits per heavy atom. The van der Waals surface area contributed by atoms with E-state index in [-0.39, 0.29) is 11.7 Å². The molecule has 2 aliphatic heterocycles. The van der Waals surface area contributed by atoms with Gasteiger partial charge in [-0.25, -0.2) is 0 Å². The van der Waals surface area contributed by atoms with Crippen molar-refractivity contribution in [3.05, 3.63) is 34.2 Å². The summed E-state index contributed by atoms with van der Waals surface area (Å²) >= 11 is 6.47. The first kappa shape index (κ1) is 17.0. The van der Waals surface area contributed by atoms with Crippen LogP contribution in [0.5, 0.6) is 0 Å². The largest absolute Gasteiger partial charge is 0.368 e. The van der Waals surface area contributed by atoms with Gasteiger partial charge in [-0.2, -0.15) is 0 Å². The van der Waals surface area contributed by atoms with E-state index in [2.05, 4.69) is 15.5 Å². The highest BCUT2D eigenvalue weighted by molar-refractivity contribution is 8.18. The fourth-order valence-electron chi connectivity index (χ4n) is 2.86. The summed E-state index contributed by atoms with van der Waals surface area (Å²) in [7, 11) is 0. The van der Waals surface area contributed by atoms with E-state index >= 15 is 0 Å². The number of para-hydroxylation sites is 1. The lowest BCUT2D eigenvalue weighted by atomic mass is 10.0. The predicted octanol–water partition coefficient (Wildman–Crippen LogP) is 1.73. The van der Waals surface area contributed by atoms with Gasteiger partial charge in [-0.3, -0.25) is 19.7 Å². The summed E-state index contributed by atoms with van der Waals surface area (Å²) in [6.45, 7) is 3.27. The Bertz CT molecular complexity index is 729. The number of piperazine rings is 1. The summed E-state index contributed by atoms with van der Waals surface area (Å²) < 4.78 is 0. The van der Waals surface area contributed by atoms with Gasteiger partial charge >= 0.3 is 0 Å². The molecule has 0 unspecified atom stereocenters. The summed E-state index contributed by atoms with van der Waals surface area (Å²) in [5.41, 5.74) is 2.52. The number of thioether (sulfide) groups is 1. The van der Waals surface area contributed by atoms with Crippen LogP contribution in [0.2, 0.25) is 0 Å². The van der Waals surface area contributed by atoms with E-state index in [1.165, 1.54) is 0 Å². The average molecular weight is 366 g/mol. The van der Waals surface area contributed by atoms with Crippen molar-refractivity contribution in [2.75, 3.05) is 31.1 Å². The molecule has 2 fully saturated rings. The van der Waals surface area contributed by atoms with Crippen molar-refractivity contribution in [3.8, 4) is 0 Å². The number of carbonyl (C=O) groups is 3. The Kier molecular flexibility index (Phi) is 5.23. The maximum atomic E-state index is 11.8. The normalized spacial score (nSPS) is 19.7. The Labute approximate surface area is 148 Å². The second-order valence-electron chi connectivity index (χ2n) is 5.48. The van der Waals surface area contributed by atoms with E-state index in [1.54, 1.807) is 6.08 Å². The molecule has 126 valence electrons. The average Bonchev–Trinajstić information content (AvgIpc) is 2.85. The molecule has 1 aromatic rings. The van der Waals surface area contributed by atoms with Crippen molar-refractivity contribution in [3.63, 3.8) is 0 Å². The van der Waals surface area contributed by atoms with E-state index in [4.69, 9.17) is 11.6 Å². The topological polar surface area (TPSA) is 78.5 Å². The molecule has 0 spiro atoms. The molecular formula is C16H16ClN3O3S. The third-order valence-corrected chi connectivity index (χ3v) is 4.79. The molecular weight excluding hydrogens is 350 g/mol. The van der Waals surface area contributed by atoms with Crippen LogP contribution in [0.4, 0.5) is 10.5 Å². The molecule has 6 nitrogen and oxygen atoms in total. The number of rotatable bonds is 4. The maximum absolute atomic E-state index is 11.8. The Morgan fingerprint density at radius 2 is 2.04 bits per heavy atom. The predicted molar refractivity (Wildman–Crippen MR) is 95.2 cm³/mol. The molecule has 2 heterocycles. The lowest BCUT2D eigenvalue weighted by Crippen LogP contribution is -2.44. The monoisotopic (exact) mass is 365 g/mol. The van der Waals surface area contributed by atoms with Crippen LogP contribution in [0, 0.1) is 0 Å². The number of amides is 2. The second-order valence-corrected chi connectivity index (χ2v) is 6.91. The fraction of sp³-hybridized carbons (Fsp3) is 0.312. The minimum Gasteiger partial charge on any atom is -0.368 e. The summed E-state index contributed by atoms with van der Waals surface area (Å²) in [5, 5.41) is 4.73. The van der Waals surface area contributed by atoms with Crippen molar-refractivity contribution in [1.82, 2.24) is 10.6 Å². The zero-order valence-electron chi connectivity index (χ0n) is 12.8. The van der Waals surface area contributed by atoms with Crippen LogP contribution in [-0.4, -0.2) is 42.6 Å². The first-order chi connectivity index (χ1) is 11.5. The van der Waals surface area contributed by atoms with E-state index in [0.29, 0.717) is 4.91 Å². The summed E-state index contributed by atoms with van der Waals surface area (Å²) in [5.74, 6) is -0.393. The third kappa shape index (κ3) is 3.80. The van der Waals surface area contributed by atoms with Crippen LogP contribution in [0.15, 0.2) is 23.1 Å². The van der Waals surface area contributed by atoms with Gasteiger partial charge in [0.15, 0.2) is 0 Å². The highest BCUT2D eigenvalue weighted by Gasteiger charge is 2.26. The molecule has 0 aromatic heterocycles. The molecule has 0 aliphatic carbocycles. The zero-order valence-corrected chi connectivity index (χ0v) is 14.4. The molecule has 1 aromatic carbocycles. The summed E-state index contributed by atoms with van der Waals surface area (Å²) in [6.07, 6.45) is 1.82. The third-order valence-electron chi connectivity index (χ3n) is 3.84. The van der Waals surface area contributed by atoms with Crippen LogP contribution >= 0.6 is 23.4 Å². The van der Waals surface area contributed by atoms with Crippen LogP contribution in [-0.2, 0) is 16.0 Å². The second kappa shape index (κ2) is 7.38. The Morgan fingerprint density at radius 1 is 1.29 bits per heavy atom. The number of halogens is 1. The van der Waals surface area contributed by atoms with E-state index in [9.17, 15) is 14.4 Å². The van der Waals surface area contributed by atoms with E-state index in [1.807, 2.05) is 18.2 Å². The number of carbonyl (C=O) groups excluding carboxylic acids is 3. The smallest absolute Gasteiger partial charge is 0.290 e. The first-order valence-corrected chi connectivity index (χ1v) is 8.75. The minimum atomic E-state index is -0.431. The molecule has 0 saturated carbocycles. The van der Waals surface area contributed by atoms with Crippen molar-refractivity contribution in [2.24, 2.45) is 0 Å². The van der Waals surface area contributed by atoms with Crippen LogP contribution in [0.1, 0.15) is 11.1 Å². The molecule has 0 bridgehead atoms. The van der Waals surface area contributed by atoms with Gasteiger partial charge in [0.25, 0.3) is 11.1 Å². The van der Waals surface area contributed by atoms with Gasteiger partial charge in [0.1, 0.15) is 0 Å². The fourth-order valence-corrected chi connectivity index (χ4v) is 3.67. The van der Waals surface area contributed by atoms with Crippen LogP contribution in [0.3, 0.4) is 0 Å². The SMILES string of the molecule is O=C(Cl)Cc1cccc(/C=C2\SC(=O)NC2=O)c1N1CCNCC1. The maximum Gasteiger partial charge on any atom is 0.290 e. The Hall–Kier alpha value is -1.83. The van der Waals surface area contributed by atoms with Gasteiger partial charge in [-0.15, -0.1) is 0 Å². The van der Waals surface area contributed by atoms with Crippen molar-refractivity contribution < 1.29 is 14.4 Å². The van der Waals surface area contributed by atoms with Gasteiger partial charge in [-0.05, 0) is 40.6 Å². The highest BCUT2D eigenvalue weighted by atomic mass is 35.5. The minimum absolute atomic E-state index is 0.121. The highest BCUT2D eigenvalue weighted by Crippen LogP contribution is 2.32. The molecule has 8 heteroatoms. The number of nitrogens with zero attached hydrogens (tertiary/aromatic N) is 1. The zero-order chi connectivity index (χ0) is 17.1. The van der Waals surface area contributed by atoms with Crippen LogP contribution in [0.25, 0.3) is 6.08 Å². The molecule has 0 radical (unpaired) electrons. The standard InChI is InChI=1S/C16H16ClN3O3S/c17-13(21)9-11-3-1-2-10(8-12-15(22)19-16(23)24-12)14(11)20-6-4-18-5-7-20/h1-3,8,18H,4-7,9H2,(H,19,22,23)/b12-8-. The quantitative estimate of drug-likeness (QED) is 0.625. The van der Waals surface area contributed by atoms with Gasteiger partial charge in [0, 0.05) is 38.3 Å². The van der Waals surface area contributed by atoms with Gasteiger partial charge in [0.05, 0.1) is 4.91 Å². The van der Waals surface area contributed by atoms with Gasteiger partial charge in [0.2, 0.25) is 5.24 Å². The molecule has 24 heavy (non-hydrogen) atoms. The van der Waals surface area contributed by atoms with Gasteiger partial charge in [-0.1, -0.05) is 18.2 Å². The molecule has 3 rings (SSSR count). The molecule has 2 amide bonds. The molecule has 0 atom stereocenters. The van der Waals surface area contributed by atoms with E-state index in [0.717, 1.165) is 54.8 Å². The lowest BCUT2D eigenvalue weighted by molar-refractivity contribution is -0.115. The number of benzene rings is 1. The number of anilines is 1. The summed E-state index contributed by atoms with van der Waals surface area (Å²) in [6, 6.07) is 5.57. The molecule has 2 N–H and O–H groups in total. The number of imide groups is 1. The van der Waals surface area contributed by atoms with Crippen molar-refractivity contribution in [1.29, 1.82) is 0 Å². The van der Waals surface area contributed by atoms with Crippen LogP contribution < -0.4 is 15.5 Å². The van der Waals surface area contributed by atoms with Gasteiger partial charge < -0.3 is 10.2 Å². The Balaban J connectivity index is 2.04. The summed E-state index contributed by atoms with van der Waals surface area (Å²) in [4.78, 5) is 37.1. The number of hydrogen-bond acceptors (Lipinski definition) is 6.